The van der Waals surface area contributed by atoms with E-state index in [0.717, 1.165) is 34.1 Å². The number of fused-ring (bicyclic) bond motifs is 2. The smallest absolute Gasteiger partial charge is 0.231 e. The van der Waals surface area contributed by atoms with Crippen LogP contribution in [0.3, 0.4) is 0 Å². The molecule has 0 atom stereocenters. The van der Waals surface area contributed by atoms with Gasteiger partial charge in [0.25, 0.3) is 0 Å². The molecule has 0 spiro atoms. The van der Waals surface area contributed by atoms with Crippen LogP contribution in [-0.4, -0.2) is 22.7 Å². The second-order valence-corrected chi connectivity index (χ2v) is 5.83. The van der Waals surface area contributed by atoms with Crippen molar-refractivity contribution in [2.45, 2.75) is 33.2 Å². The highest BCUT2D eigenvalue weighted by Crippen LogP contribution is 2.34. The van der Waals surface area contributed by atoms with Crippen molar-refractivity contribution in [2.75, 3.05) is 11.7 Å². The molecule has 6 heteroatoms. The Morgan fingerprint density at radius 3 is 2.83 bits per heavy atom. The quantitative estimate of drug-likeness (QED) is 0.851. The van der Waals surface area contributed by atoms with Gasteiger partial charge in [-0.05, 0) is 38.0 Å². The van der Waals surface area contributed by atoms with Crippen LogP contribution in [0, 0.1) is 13.8 Å². The van der Waals surface area contributed by atoms with Gasteiger partial charge in [0.15, 0.2) is 11.5 Å². The van der Waals surface area contributed by atoms with Crippen molar-refractivity contribution in [1.82, 2.24) is 9.97 Å². The Morgan fingerprint density at radius 2 is 1.96 bits per heavy atom. The summed E-state index contributed by atoms with van der Waals surface area (Å²) in [6.45, 7) is 4.54. The summed E-state index contributed by atoms with van der Waals surface area (Å²) in [6, 6.07) is 5.75. The minimum absolute atomic E-state index is 0.0904. The number of hydrogen-bond acceptors (Lipinski definition) is 5. The molecule has 118 valence electrons. The molecule has 1 amide bonds. The molecule has 0 fully saturated rings. The van der Waals surface area contributed by atoms with Crippen molar-refractivity contribution in [3.05, 3.63) is 40.8 Å². The van der Waals surface area contributed by atoms with Gasteiger partial charge in [0.1, 0.15) is 11.6 Å². The van der Waals surface area contributed by atoms with Crippen LogP contribution in [0.2, 0.25) is 0 Å². The summed E-state index contributed by atoms with van der Waals surface area (Å²) in [5.74, 6) is 2.98. The number of carbonyl (C=O) groups is 1. The first-order valence-electron chi connectivity index (χ1n) is 7.65. The molecule has 1 aromatic carbocycles. The fourth-order valence-corrected chi connectivity index (χ4v) is 3.10. The second kappa shape index (κ2) is 5.22. The van der Waals surface area contributed by atoms with Crippen LogP contribution in [0.4, 0.5) is 5.82 Å². The number of rotatable bonds is 2. The van der Waals surface area contributed by atoms with Gasteiger partial charge < -0.3 is 9.47 Å². The van der Waals surface area contributed by atoms with Crippen molar-refractivity contribution in [1.29, 1.82) is 0 Å². The van der Waals surface area contributed by atoms with E-state index in [1.807, 2.05) is 32.0 Å². The Morgan fingerprint density at radius 1 is 1.13 bits per heavy atom. The largest absolute Gasteiger partial charge is 0.454 e. The van der Waals surface area contributed by atoms with E-state index in [2.05, 4.69) is 9.97 Å². The molecule has 0 saturated heterocycles. The zero-order valence-corrected chi connectivity index (χ0v) is 13.1. The van der Waals surface area contributed by atoms with Crippen molar-refractivity contribution in [3.8, 4) is 11.5 Å². The molecule has 6 nitrogen and oxygen atoms in total. The molecule has 2 aliphatic rings. The highest BCUT2D eigenvalue weighted by Gasteiger charge is 2.28. The van der Waals surface area contributed by atoms with Gasteiger partial charge in [-0.3, -0.25) is 9.69 Å². The summed E-state index contributed by atoms with van der Waals surface area (Å²) >= 11 is 0. The molecule has 0 saturated carbocycles. The maximum atomic E-state index is 12.4. The number of carbonyl (C=O) groups excluding carboxylic acids is 1. The minimum atomic E-state index is 0.0904. The number of hydrogen-bond donors (Lipinski definition) is 0. The lowest BCUT2D eigenvalue weighted by Gasteiger charge is -2.29. The third-order valence-electron chi connectivity index (χ3n) is 4.23. The van der Waals surface area contributed by atoms with Gasteiger partial charge in [0.05, 0.1) is 6.54 Å². The fraction of sp³-hybridized carbons (Fsp3) is 0.353. The number of aryl methyl sites for hydroxylation is 2. The fourth-order valence-electron chi connectivity index (χ4n) is 3.10. The van der Waals surface area contributed by atoms with Gasteiger partial charge in [0.2, 0.25) is 12.7 Å². The van der Waals surface area contributed by atoms with Gasteiger partial charge in [-0.15, -0.1) is 0 Å². The monoisotopic (exact) mass is 311 g/mol. The summed E-state index contributed by atoms with van der Waals surface area (Å²) in [7, 11) is 0. The van der Waals surface area contributed by atoms with Crippen molar-refractivity contribution < 1.29 is 14.3 Å². The van der Waals surface area contributed by atoms with Crippen LogP contribution in [0.5, 0.6) is 11.5 Å². The number of aromatic nitrogens is 2. The van der Waals surface area contributed by atoms with Crippen LogP contribution >= 0.6 is 0 Å². The number of ether oxygens (including phenoxy) is 2. The Bertz CT molecular complexity index is 804. The molecule has 4 rings (SSSR count). The summed E-state index contributed by atoms with van der Waals surface area (Å²) < 4.78 is 10.7. The molecule has 0 aliphatic carbocycles. The third kappa shape index (κ3) is 2.40. The normalized spacial score (nSPS) is 15.7. The van der Waals surface area contributed by atoms with E-state index in [4.69, 9.17) is 9.47 Å². The molecule has 2 aromatic rings. The van der Waals surface area contributed by atoms with E-state index in [-0.39, 0.29) is 12.7 Å². The van der Waals surface area contributed by atoms with E-state index in [1.54, 1.807) is 4.90 Å². The first-order chi connectivity index (χ1) is 11.1. The molecular formula is C17H17N3O3. The van der Waals surface area contributed by atoms with E-state index in [0.29, 0.717) is 25.2 Å². The standard InChI is InChI=1S/C17H17N3O3/c1-10-13-4-6-16(21)20(17(13)19-11(2)18-10)8-12-3-5-14-15(7-12)23-9-22-14/h3,5,7H,4,6,8-9H2,1-2H3. The summed E-state index contributed by atoms with van der Waals surface area (Å²) in [5, 5.41) is 0. The zero-order valence-electron chi connectivity index (χ0n) is 13.1. The highest BCUT2D eigenvalue weighted by atomic mass is 16.7. The van der Waals surface area contributed by atoms with Crippen LogP contribution < -0.4 is 14.4 Å². The Hall–Kier alpha value is -2.63. The van der Waals surface area contributed by atoms with Gasteiger partial charge in [0, 0.05) is 17.7 Å². The number of benzene rings is 1. The average Bonchev–Trinajstić information content (AvgIpc) is 2.97. The first-order valence-corrected chi connectivity index (χ1v) is 7.65. The second-order valence-electron chi connectivity index (χ2n) is 5.83. The molecule has 2 aliphatic heterocycles. The molecule has 0 N–H and O–H groups in total. The zero-order chi connectivity index (χ0) is 16.0. The summed E-state index contributed by atoms with van der Waals surface area (Å²) in [5.41, 5.74) is 3.01. The first kappa shape index (κ1) is 14.0. The highest BCUT2D eigenvalue weighted by molar-refractivity contribution is 5.95. The molecule has 23 heavy (non-hydrogen) atoms. The average molecular weight is 311 g/mol. The topological polar surface area (TPSA) is 64.6 Å². The van der Waals surface area contributed by atoms with Crippen LogP contribution in [0.1, 0.15) is 29.1 Å². The molecule has 0 bridgehead atoms. The molecule has 0 radical (unpaired) electrons. The van der Waals surface area contributed by atoms with Crippen LogP contribution in [0.25, 0.3) is 0 Å². The van der Waals surface area contributed by atoms with E-state index >= 15 is 0 Å². The lowest BCUT2D eigenvalue weighted by Crippen LogP contribution is -2.36. The Labute approximate surface area is 134 Å². The Balaban J connectivity index is 1.70. The van der Waals surface area contributed by atoms with Crippen molar-refractivity contribution >= 4 is 11.7 Å². The lowest BCUT2D eigenvalue weighted by atomic mass is 10.0. The van der Waals surface area contributed by atoms with Gasteiger partial charge in [-0.2, -0.15) is 0 Å². The van der Waals surface area contributed by atoms with Crippen molar-refractivity contribution in [2.24, 2.45) is 0 Å². The van der Waals surface area contributed by atoms with Crippen LogP contribution in [-0.2, 0) is 17.8 Å². The maximum absolute atomic E-state index is 12.4. The van der Waals surface area contributed by atoms with Gasteiger partial charge in [-0.25, -0.2) is 9.97 Å². The maximum Gasteiger partial charge on any atom is 0.231 e. The van der Waals surface area contributed by atoms with Gasteiger partial charge >= 0.3 is 0 Å². The van der Waals surface area contributed by atoms with Gasteiger partial charge in [-0.1, -0.05) is 6.07 Å². The SMILES string of the molecule is Cc1nc(C)c2c(n1)N(Cc1ccc3c(c1)OCO3)C(=O)CC2. The minimum Gasteiger partial charge on any atom is -0.454 e. The molecule has 0 unspecified atom stereocenters. The summed E-state index contributed by atoms with van der Waals surface area (Å²) in [6.07, 6.45) is 1.20. The predicted molar refractivity (Wildman–Crippen MR) is 83.6 cm³/mol. The van der Waals surface area contributed by atoms with Crippen LogP contribution in [0.15, 0.2) is 18.2 Å². The summed E-state index contributed by atoms with van der Waals surface area (Å²) in [4.78, 5) is 23.1. The van der Waals surface area contributed by atoms with E-state index in [9.17, 15) is 4.79 Å². The molecular weight excluding hydrogens is 294 g/mol. The Kier molecular flexibility index (Phi) is 3.18. The van der Waals surface area contributed by atoms with E-state index < -0.39 is 0 Å². The van der Waals surface area contributed by atoms with Crippen molar-refractivity contribution in [3.63, 3.8) is 0 Å². The third-order valence-corrected chi connectivity index (χ3v) is 4.23. The predicted octanol–water partition coefficient (Wildman–Crippen LogP) is 2.30. The lowest BCUT2D eigenvalue weighted by molar-refractivity contribution is -0.119. The molecule has 3 heterocycles. The number of nitrogens with zero attached hydrogens (tertiary/aromatic N) is 3. The number of amides is 1. The van der Waals surface area contributed by atoms with E-state index in [1.165, 1.54) is 0 Å². The molecule has 1 aromatic heterocycles. The number of anilines is 1.